The van der Waals surface area contributed by atoms with Crippen LogP contribution in [0.2, 0.25) is 0 Å². The second-order valence-electron chi connectivity index (χ2n) is 6.54. The molecule has 2 aromatic rings. The van der Waals surface area contributed by atoms with Gasteiger partial charge in [0.25, 0.3) is 0 Å². The lowest BCUT2D eigenvalue weighted by Gasteiger charge is -2.25. The van der Waals surface area contributed by atoms with Gasteiger partial charge < -0.3 is 14.6 Å². The third kappa shape index (κ3) is 3.98. The lowest BCUT2D eigenvalue weighted by molar-refractivity contribution is 0.188. The predicted octanol–water partition coefficient (Wildman–Crippen LogP) is 4.22. The van der Waals surface area contributed by atoms with E-state index in [0.29, 0.717) is 0 Å². The van der Waals surface area contributed by atoms with Crippen molar-refractivity contribution in [2.45, 2.75) is 58.5 Å². The highest BCUT2D eigenvalue weighted by Gasteiger charge is 2.31. The standard InChI is InChI=1S/C18H25N3O2S/c1-12(6-8-15-9-7-13(2)23-15)19-18(22)21-10-4-5-17(21)16-11-24-14(3)20-16/h7,9,11-12,17H,4-6,8,10H2,1-3H3,(H,19,22)/t12-,17-/m0/s1. The number of hydrogen-bond donors (Lipinski definition) is 1. The lowest BCUT2D eigenvalue weighted by Crippen LogP contribution is -2.43. The van der Waals surface area contributed by atoms with Crippen LogP contribution in [-0.4, -0.2) is 28.5 Å². The Morgan fingerprint density at radius 3 is 3.00 bits per heavy atom. The number of likely N-dealkylation sites (tertiary alicyclic amines) is 1. The third-order valence-electron chi connectivity index (χ3n) is 4.48. The van der Waals surface area contributed by atoms with Gasteiger partial charge in [-0.2, -0.15) is 0 Å². The molecule has 0 aliphatic carbocycles. The molecule has 24 heavy (non-hydrogen) atoms. The topological polar surface area (TPSA) is 58.4 Å². The van der Waals surface area contributed by atoms with Crippen LogP contribution in [0.3, 0.4) is 0 Å². The summed E-state index contributed by atoms with van der Waals surface area (Å²) in [6, 6.07) is 4.23. The van der Waals surface area contributed by atoms with Crippen LogP contribution in [0.4, 0.5) is 4.79 Å². The van der Waals surface area contributed by atoms with Crippen molar-refractivity contribution in [2.75, 3.05) is 6.54 Å². The molecule has 0 bridgehead atoms. The van der Waals surface area contributed by atoms with E-state index in [2.05, 4.69) is 15.7 Å². The zero-order valence-electron chi connectivity index (χ0n) is 14.5. The molecule has 2 amide bonds. The van der Waals surface area contributed by atoms with Crippen LogP contribution >= 0.6 is 11.3 Å². The first-order valence-corrected chi connectivity index (χ1v) is 9.45. The molecule has 130 valence electrons. The average Bonchev–Trinajstić information content (AvgIpc) is 3.25. The molecule has 0 aromatic carbocycles. The molecule has 3 heterocycles. The number of rotatable bonds is 5. The fraction of sp³-hybridized carbons (Fsp3) is 0.556. The molecule has 0 unspecified atom stereocenters. The minimum absolute atomic E-state index is 0.0197. The normalized spacial score (nSPS) is 18.8. The Kier molecular flexibility index (Phi) is 5.23. The number of furan rings is 1. The smallest absolute Gasteiger partial charge is 0.318 e. The van der Waals surface area contributed by atoms with Gasteiger partial charge in [-0.25, -0.2) is 9.78 Å². The highest BCUT2D eigenvalue weighted by atomic mass is 32.1. The largest absolute Gasteiger partial charge is 0.466 e. The van der Waals surface area contributed by atoms with E-state index in [9.17, 15) is 4.79 Å². The van der Waals surface area contributed by atoms with Crippen LogP contribution in [0, 0.1) is 13.8 Å². The van der Waals surface area contributed by atoms with Gasteiger partial charge in [0.05, 0.1) is 16.7 Å². The van der Waals surface area contributed by atoms with Crippen LogP contribution in [-0.2, 0) is 6.42 Å². The number of nitrogens with one attached hydrogen (secondary N) is 1. The van der Waals surface area contributed by atoms with Gasteiger partial charge in [-0.3, -0.25) is 0 Å². The van der Waals surface area contributed by atoms with E-state index in [0.717, 1.165) is 54.5 Å². The zero-order chi connectivity index (χ0) is 17.1. The summed E-state index contributed by atoms with van der Waals surface area (Å²) in [6.45, 7) is 6.80. The molecule has 2 aromatic heterocycles. The van der Waals surface area contributed by atoms with Gasteiger partial charge in [-0.15, -0.1) is 11.3 Å². The summed E-state index contributed by atoms with van der Waals surface area (Å²) in [5.74, 6) is 1.91. The fourth-order valence-electron chi connectivity index (χ4n) is 3.19. The summed E-state index contributed by atoms with van der Waals surface area (Å²) in [4.78, 5) is 19.1. The molecular weight excluding hydrogens is 322 g/mol. The van der Waals surface area contributed by atoms with E-state index < -0.39 is 0 Å². The van der Waals surface area contributed by atoms with Crippen LogP contribution < -0.4 is 5.32 Å². The molecule has 0 saturated carbocycles. The quantitative estimate of drug-likeness (QED) is 0.881. The SMILES string of the molecule is Cc1ccc(CC[C@H](C)NC(=O)N2CCC[C@H]2c2csc(C)n2)o1. The van der Waals surface area contributed by atoms with Crippen LogP contribution in [0.1, 0.15) is 54.5 Å². The van der Waals surface area contributed by atoms with Gasteiger partial charge in [-0.05, 0) is 52.2 Å². The maximum absolute atomic E-state index is 12.6. The molecular formula is C18H25N3O2S. The monoisotopic (exact) mass is 347 g/mol. The van der Waals surface area contributed by atoms with Crippen molar-refractivity contribution in [1.29, 1.82) is 0 Å². The molecule has 1 saturated heterocycles. The van der Waals surface area contributed by atoms with Crippen molar-refractivity contribution in [3.05, 3.63) is 39.7 Å². The van der Waals surface area contributed by atoms with Gasteiger partial charge in [0.2, 0.25) is 0 Å². The molecule has 1 fully saturated rings. The van der Waals surface area contributed by atoms with Crippen LogP contribution in [0.15, 0.2) is 21.9 Å². The maximum atomic E-state index is 12.6. The first kappa shape index (κ1) is 17.0. The van der Waals surface area contributed by atoms with E-state index in [-0.39, 0.29) is 18.1 Å². The number of hydrogen-bond acceptors (Lipinski definition) is 4. The van der Waals surface area contributed by atoms with Crippen LogP contribution in [0.25, 0.3) is 0 Å². The first-order valence-electron chi connectivity index (χ1n) is 8.57. The van der Waals surface area contributed by atoms with E-state index in [1.54, 1.807) is 11.3 Å². The van der Waals surface area contributed by atoms with E-state index in [1.807, 2.05) is 37.8 Å². The Morgan fingerprint density at radius 1 is 1.50 bits per heavy atom. The summed E-state index contributed by atoms with van der Waals surface area (Å²) in [6.07, 6.45) is 3.74. The Balaban J connectivity index is 1.53. The highest BCUT2D eigenvalue weighted by molar-refractivity contribution is 7.09. The van der Waals surface area contributed by atoms with E-state index in [1.165, 1.54) is 0 Å². The van der Waals surface area contributed by atoms with Gasteiger partial charge in [0.1, 0.15) is 11.5 Å². The number of carbonyl (C=O) groups is 1. The number of thiazole rings is 1. The molecule has 1 aliphatic heterocycles. The van der Waals surface area contributed by atoms with Gasteiger partial charge >= 0.3 is 6.03 Å². The zero-order valence-corrected chi connectivity index (χ0v) is 15.4. The summed E-state index contributed by atoms with van der Waals surface area (Å²) in [5.41, 5.74) is 1.03. The molecule has 5 nitrogen and oxygen atoms in total. The van der Waals surface area contributed by atoms with E-state index >= 15 is 0 Å². The number of amides is 2. The Hall–Kier alpha value is -1.82. The summed E-state index contributed by atoms with van der Waals surface area (Å²) < 4.78 is 5.59. The van der Waals surface area contributed by atoms with Crippen molar-refractivity contribution in [3.8, 4) is 0 Å². The minimum atomic E-state index is 0.0197. The lowest BCUT2D eigenvalue weighted by atomic mass is 10.1. The highest BCUT2D eigenvalue weighted by Crippen LogP contribution is 2.32. The van der Waals surface area contributed by atoms with Crippen LogP contribution in [0.5, 0.6) is 0 Å². The van der Waals surface area contributed by atoms with Gasteiger partial charge in [0.15, 0.2) is 0 Å². The Bertz CT molecular complexity index is 694. The molecule has 6 heteroatoms. The number of carbonyl (C=O) groups excluding carboxylic acids is 1. The van der Waals surface area contributed by atoms with Crippen molar-refractivity contribution >= 4 is 17.4 Å². The Labute approximate surface area is 147 Å². The number of aryl methyl sites for hydroxylation is 3. The van der Waals surface area contributed by atoms with Crippen molar-refractivity contribution < 1.29 is 9.21 Å². The second-order valence-corrected chi connectivity index (χ2v) is 7.61. The van der Waals surface area contributed by atoms with Crippen molar-refractivity contribution in [1.82, 2.24) is 15.2 Å². The molecule has 0 spiro atoms. The molecule has 1 aliphatic rings. The molecule has 2 atom stereocenters. The Morgan fingerprint density at radius 2 is 2.33 bits per heavy atom. The molecule has 3 rings (SSSR count). The number of nitrogens with zero attached hydrogens (tertiary/aromatic N) is 2. The average molecular weight is 347 g/mol. The van der Waals surface area contributed by atoms with Gasteiger partial charge in [-0.1, -0.05) is 0 Å². The second kappa shape index (κ2) is 7.38. The summed E-state index contributed by atoms with van der Waals surface area (Å²) >= 11 is 1.65. The summed E-state index contributed by atoms with van der Waals surface area (Å²) in [7, 11) is 0. The molecule has 0 radical (unpaired) electrons. The first-order chi connectivity index (χ1) is 11.5. The van der Waals surface area contributed by atoms with Crippen molar-refractivity contribution in [2.24, 2.45) is 0 Å². The van der Waals surface area contributed by atoms with Gasteiger partial charge in [0, 0.05) is 24.4 Å². The number of aromatic nitrogens is 1. The predicted molar refractivity (Wildman–Crippen MR) is 95.3 cm³/mol. The fourth-order valence-corrected chi connectivity index (χ4v) is 3.85. The molecule has 1 N–H and O–H groups in total. The van der Waals surface area contributed by atoms with E-state index in [4.69, 9.17) is 4.42 Å². The number of urea groups is 1. The minimum Gasteiger partial charge on any atom is -0.466 e. The third-order valence-corrected chi connectivity index (χ3v) is 5.27. The van der Waals surface area contributed by atoms with Crippen molar-refractivity contribution in [3.63, 3.8) is 0 Å². The summed E-state index contributed by atoms with van der Waals surface area (Å²) in [5, 5.41) is 6.26. The maximum Gasteiger partial charge on any atom is 0.318 e.